The summed E-state index contributed by atoms with van der Waals surface area (Å²) in [6.07, 6.45) is 3.29. The van der Waals surface area contributed by atoms with Crippen LogP contribution in [0, 0.1) is 20.8 Å². The van der Waals surface area contributed by atoms with Gasteiger partial charge in [0.2, 0.25) is 0 Å². The minimum atomic E-state index is -0.826. The van der Waals surface area contributed by atoms with Crippen molar-refractivity contribution in [3.8, 4) is 22.3 Å². The van der Waals surface area contributed by atoms with Gasteiger partial charge in [-0.05, 0) is 55.4 Å². The quantitative estimate of drug-likeness (QED) is 0.122. The Balaban J connectivity index is 0.000000209. The summed E-state index contributed by atoms with van der Waals surface area (Å²) in [5.74, 6) is 0. The SMILES string of the molecule is CCc1ccc(-c2cc(C)cc3[cH-]c(C)cc23)cc1.CCc1ccc(-c2cc(C)cc3[cH-]c(CC)cc23)cc1.C[Si]C.[Cl][Zr+2][Cl]. The van der Waals surface area contributed by atoms with Gasteiger partial charge in [-0.1, -0.05) is 124 Å². The van der Waals surface area contributed by atoms with Crippen LogP contribution in [-0.4, -0.2) is 9.52 Å². The second-order valence-electron chi connectivity index (χ2n) is 11.6. The van der Waals surface area contributed by atoms with Gasteiger partial charge in [-0.3, -0.25) is 0 Å². The molecule has 6 aromatic rings. The van der Waals surface area contributed by atoms with Crippen molar-refractivity contribution in [3.63, 3.8) is 0 Å². The average Bonchev–Trinajstić information content (AvgIpc) is 3.63. The van der Waals surface area contributed by atoms with Crippen LogP contribution in [0.1, 0.15) is 54.2 Å². The van der Waals surface area contributed by atoms with Gasteiger partial charge >= 0.3 is 37.9 Å². The fourth-order valence-electron chi connectivity index (χ4n) is 5.68. The van der Waals surface area contributed by atoms with Crippen LogP contribution in [0.4, 0.5) is 0 Å². The van der Waals surface area contributed by atoms with Crippen LogP contribution in [0.2, 0.25) is 13.1 Å². The summed E-state index contributed by atoms with van der Waals surface area (Å²) in [5.41, 5.74) is 13.6. The van der Waals surface area contributed by atoms with Crippen molar-refractivity contribution in [3.05, 3.63) is 130 Å². The molecule has 0 N–H and O–H groups in total. The van der Waals surface area contributed by atoms with Crippen molar-refractivity contribution < 1.29 is 20.8 Å². The van der Waals surface area contributed by atoms with E-state index in [2.05, 4.69) is 152 Å². The van der Waals surface area contributed by atoms with E-state index in [1.807, 2.05) is 0 Å². The van der Waals surface area contributed by atoms with Gasteiger partial charge in [-0.25, -0.2) is 0 Å². The number of hydrogen-bond acceptors (Lipinski definition) is 0. The average molecular weight is 729 g/mol. The number of rotatable bonds is 5. The molecule has 0 saturated carbocycles. The Kier molecular flexibility index (Phi) is 15.6. The molecule has 0 spiro atoms. The van der Waals surface area contributed by atoms with Crippen LogP contribution >= 0.6 is 17.0 Å². The van der Waals surface area contributed by atoms with E-state index in [-0.39, 0.29) is 0 Å². The zero-order chi connectivity index (χ0) is 32.9. The first kappa shape index (κ1) is 37.2. The van der Waals surface area contributed by atoms with Crippen molar-refractivity contribution >= 4 is 48.1 Å². The van der Waals surface area contributed by atoms with Gasteiger partial charge < -0.3 is 0 Å². The summed E-state index contributed by atoms with van der Waals surface area (Å²) >= 11 is -0.826. The Morgan fingerprint density at radius 2 is 0.978 bits per heavy atom. The first-order valence-corrected chi connectivity index (χ1v) is 24.2. The Morgan fingerprint density at radius 3 is 1.38 bits per heavy atom. The third-order valence-electron chi connectivity index (χ3n) is 7.89. The molecule has 0 unspecified atom stereocenters. The summed E-state index contributed by atoms with van der Waals surface area (Å²) in [4.78, 5) is 0. The number of benzene rings is 4. The second kappa shape index (κ2) is 18.8. The molecule has 232 valence electrons. The van der Waals surface area contributed by atoms with E-state index in [0.29, 0.717) is 0 Å². The van der Waals surface area contributed by atoms with E-state index in [4.69, 9.17) is 17.0 Å². The van der Waals surface area contributed by atoms with E-state index >= 15 is 0 Å². The summed E-state index contributed by atoms with van der Waals surface area (Å²) < 4.78 is 0. The first-order chi connectivity index (χ1) is 21.7. The molecule has 45 heavy (non-hydrogen) atoms. The summed E-state index contributed by atoms with van der Waals surface area (Å²) in [7, 11) is 11.0. The number of aryl methyl sites for hydroxylation is 6. The van der Waals surface area contributed by atoms with Crippen molar-refractivity contribution in [2.24, 2.45) is 0 Å². The normalized spacial score (nSPS) is 10.3. The van der Waals surface area contributed by atoms with Crippen LogP contribution in [0.25, 0.3) is 43.8 Å². The molecule has 0 heterocycles. The van der Waals surface area contributed by atoms with Gasteiger partial charge in [0.1, 0.15) is 0 Å². The number of fused-ring (bicyclic) bond motifs is 2. The Labute approximate surface area is 293 Å². The molecule has 0 amide bonds. The molecule has 0 atom stereocenters. The van der Waals surface area contributed by atoms with Gasteiger partial charge in [0.25, 0.3) is 0 Å². The molecule has 0 nitrogen and oxygen atoms in total. The van der Waals surface area contributed by atoms with Crippen molar-refractivity contribution in [1.82, 2.24) is 0 Å². The molecule has 0 aliphatic heterocycles. The molecular weight excluding hydrogens is 683 g/mol. The molecule has 4 heteroatoms. The van der Waals surface area contributed by atoms with Crippen molar-refractivity contribution in [1.29, 1.82) is 0 Å². The van der Waals surface area contributed by atoms with Crippen LogP contribution in [0.15, 0.2) is 97.1 Å². The fraction of sp³-hybridized carbons (Fsp3) is 0.268. The van der Waals surface area contributed by atoms with Crippen LogP contribution in [0.3, 0.4) is 0 Å². The van der Waals surface area contributed by atoms with Gasteiger partial charge in [-0.15, -0.1) is 56.9 Å². The van der Waals surface area contributed by atoms with Crippen LogP contribution in [-0.2, 0) is 40.1 Å². The molecule has 0 aliphatic rings. The van der Waals surface area contributed by atoms with E-state index in [1.54, 1.807) is 0 Å². The Hall–Kier alpha value is -2.22. The van der Waals surface area contributed by atoms with Crippen LogP contribution in [0.5, 0.6) is 0 Å². The molecular formula is C41H46Cl2SiZr. The third-order valence-corrected chi connectivity index (χ3v) is 7.89. The molecule has 6 aromatic carbocycles. The maximum absolute atomic E-state index is 4.93. The van der Waals surface area contributed by atoms with E-state index < -0.39 is 20.8 Å². The predicted molar refractivity (Wildman–Crippen MR) is 201 cm³/mol. The van der Waals surface area contributed by atoms with E-state index in [9.17, 15) is 0 Å². The zero-order valence-electron chi connectivity index (χ0n) is 28.1. The van der Waals surface area contributed by atoms with E-state index in [1.165, 1.54) is 77.2 Å². The summed E-state index contributed by atoms with van der Waals surface area (Å²) in [5, 5.41) is 5.48. The van der Waals surface area contributed by atoms with E-state index in [0.717, 1.165) is 28.8 Å². The first-order valence-electron chi connectivity index (χ1n) is 15.8. The topological polar surface area (TPSA) is 0 Å². The predicted octanol–water partition coefficient (Wildman–Crippen LogP) is 13.2. The van der Waals surface area contributed by atoms with Crippen LogP contribution < -0.4 is 0 Å². The molecule has 6 rings (SSSR count). The van der Waals surface area contributed by atoms with Gasteiger partial charge in [0.15, 0.2) is 0 Å². The molecule has 0 fully saturated rings. The standard InChI is InChI=1S/C20H21.C19H19.C2H6Si.2ClH.Zr/c1-4-15-6-8-17(9-7-15)19-11-14(3)10-18-12-16(5-2)13-20(18)19;1-4-15-5-7-16(8-6-15)18-11-13(2)9-17-10-14(3)12-19(17)18;1-3-2;;;/h6-13H,4-5H2,1-3H3;5-12H,4H2,1-3H3;1-2H3;2*1H;/q2*-1;;;;+4/p-2. The molecule has 0 aliphatic carbocycles. The fourth-order valence-corrected chi connectivity index (χ4v) is 5.68. The molecule has 0 aromatic heterocycles. The Morgan fingerprint density at radius 1 is 0.578 bits per heavy atom. The summed E-state index contributed by atoms with van der Waals surface area (Å²) in [6, 6.07) is 36.4. The summed E-state index contributed by atoms with van der Waals surface area (Å²) in [6.45, 7) is 17.4. The van der Waals surface area contributed by atoms with Crippen molar-refractivity contribution in [2.75, 3.05) is 0 Å². The number of halogens is 2. The monoisotopic (exact) mass is 726 g/mol. The maximum atomic E-state index is 4.93. The zero-order valence-corrected chi connectivity index (χ0v) is 33.1. The third kappa shape index (κ3) is 10.4. The molecule has 0 bridgehead atoms. The molecule has 0 saturated heterocycles. The number of hydrogen-bond donors (Lipinski definition) is 0. The van der Waals surface area contributed by atoms with Gasteiger partial charge in [0, 0.05) is 9.52 Å². The van der Waals surface area contributed by atoms with Gasteiger partial charge in [-0.2, -0.15) is 12.1 Å². The van der Waals surface area contributed by atoms with Crippen molar-refractivity contribution in [2.45, 2.75) is 73.9 Å². The minimum absolute atomic E-state index is 0.826. The molecule has 2 radical (unpaired) electrons. The second-order valence-corrected chi connectivity index (χ2v) is 16.3. The Bertz CT molecular complexity index is 1760. The van der Waals surface area contributed by atoms with Gasteiger partial charge in [0.05, 0.1) is 0 Å².